The summed E-state index contributed by atoms with van der Waals surface area (Å²) in [5.74, 6) is 0.113. The smallest absolute Gasteiger partial charge is 0.249 e. The van der Waals surface area contributed by atoms with Crippen LogP contribution in [0.25, 0.3) is 16.8 Å². The maximum Gasteiger partial charge on any atom is 0.249 e. The minimum atomic E-state index is -0.358. The second-order valence-electron chi connectivity index (χ2n) is 5.98. The number of hydrogen-bond acceptors (Lipinski definition) is 5. The van der Waals surface area contributed by atoms with Gasteiger partial charge in [0.05, 0.1) is 6.61 Å². The fourth-order valence-electron chi connectivity index (χ4n) is 2.81. The molecule has 0 radical (unpaired) electrons. The molecule has 0 spiro atoms. The first kappa shape index (κ1) is 17.7. The molecule has 1 amide bonds. The summed E-state index contributed by atoms with van der Waals surface area (Å²) >= 11 is 0. The molecule has 0 aliphatic carbocycles. The third-order valence-electron chi connectivity index (χ3n) is 4.00. The van der Waals surface area contributed by atoms with Crippen LogP contribution < -0.4 is 10.1 Å². The molecule has 0 aliphatic heterocycles. The van der Waals surface area contributed by atoms with Crippen LogP contribution in [0.2, 0.25) is 0 Å². The van der Waals surface area contributed by atoms with Crippen LogP contribution in [0.1, 0.15) is 6.92 Å². The Morgan fingerprint density at radius 1 is 1.29 bits per heavy atom. The van der Waals surface area contributed by atoms with Crippen molar-refractivity contribution < 1.29 is 13.9 Å². The van der Waals surface area contributed by atoms with Gasteiger partial charge < -0.3 is 4.74 Å². The highest BCUT2D eigenvalue weighted by Gasteiger charge is 2.12. The van der Waals surface area contributed by atoms with E-state index in [1.807, 2.05) is 6.92 Å². The highest BCUT2D eigenvalue weighted by molar-refractivity contribution is 5.88. The number of aromatic nitrogens is 5. The van der Waals surface area contributed by atoms with Crippen LogP contribution in [0.3, 0.4) is 0 Å². The lowest BCUT2D eigenvalue weighted by Gasteiger charge is -2.10. The van der Waals surface area contributed by atoms with Gasteiger partial charge in [0, 0.05) is 29.7 Å². The number of anilines is 1. The normalized spacial score (nSPS) is 10.9. The largest absolute Gasteiger partial charge is 0.493 e. The van der Waals surface area contributed by atoms with E-state index >= 15 is 0 Å². The Morgan fingerprint density at radius 2 is 2.18 bits per heavy atom. The van der Waals surface area contributed by atoms with E-state index in [2.05, 4.69) is 20.5 Å². The minimum absolute atomic E-state index is 0.0643. The van der Waals surface area contributed by atoms with E-state index in [1.165, 1.54) is 21.3 Å². The maximum atomic E-state index is 13.7. The van der Waals surface area contributed by atoms with E-state index in [1.54, 1.807) is 42.9 Å². The molecule has 0 saturated heterocycles. The van der Waals surface area contributed by atoms with Crippen molar-refractivity contribution in [1.82, 2.24) is 24.4 Å². The Morgan fingerprint density at radius 3 is 2.96 bits per heavy atom. The number of carbonyl (C=O) groups is 1. The fraction of sp³-hybridized carbons (Fsp3) is 0.158. The average Bonchev–Trinajstić information content (AvgIpc) is 3.31. The standard InChI is InChI=1S/C19H17FN6O2/c1-2-28-16-6-5-14(20)10-15(16)13-4-7-17-22-19(24-26(17)11-13)23-18(27)12-25-9-3-8-21-25/h3-11H,2,12H2,1H3,(H,23,24,27). The van der Waals surface area contributed by atoms with Gasteiger partial charge in [-0.15, -0.1) is 5.10 Å². The number of ether oxygens (including phenoxy) is 1. The Bertz CT molecular complexity index is 1120. The van der Waals surface area contributed by atoms with Crippen LogP contribution >= 0.6 is 0 Å². The Kier molecular flexibility index (Phi) is 4.71. The van der Waals surface area contributed by atoms with Gasteiger partial charge in [0.2, 0.25) is 11.9 Å². The molecule has 0 aliphatic rings. The number of nitrogens with one attached hydrogen (secondary N) is 1. The molecule has 0 unspecified atom stereocenters. The molecular formula is C19H17FN6O2. The second kappa shape index (κ2) is 7.47. The van der Waals surface area contributed by atoms with Crippen LogP contribution in [-0.2, 0) is 11.3 Å². The first-order chi connectivity index (χ1) is 13.6. The quantitative estimate of drug-likeness (QED) is 0.556. The van der Waals surface area contributed by atoms with Crippen molar-refractivity contribution in [3.05, 3.63) is 60.8 Å². The molecule has 4 rings (SSSR count). The van der Waals surface area contributed by atoms with Gasteiger partial charge in [-0.1, -0.05) is 0 Å². The third kappa shape index (κ3) is 3.68. The molecular weight excluding hydrogens is 363 g/mol. The number of rotatable bonds is 6. The van der Waals surface area contributed by atoms with E-state index in [9.17, 15) is 9.18 Å². The molecule has 0 fully saturated rings. The van der Waals surface area contributed by atoms with Gasteiger partial charge in [-0.3, -0.25) is 14.8 Å². The predicted octanol–water partition coefficient (Wildman–Crippen LogP) is 2.77. The van der Waals surface area contributed by atoms with E-state index in [4.69, 9.17) is 4.74 Å². The topological polar surface area (TPSA) is 86.3 Å². The zero-order valence-corrected chi connectivity index (χ0v) is 15.0. The van der Waals surface area contributed by atoms with Crippen molar-refractivity contribution in [1.29, 1.82) is 0 Å². The van der Waals surface area contributed by atoms with Crippen molar-refractivity contribution in [2.75, 3.05) is 11.9 Å². The molecule has 0 bridgehead atoms. The van der Waals surface area contributed by atoms with Crippen LogP contribution in [-0.4, -0.2) is 36.9 Å². The summed E-state index contributed by atoms with van der Waals surface area (Å²) in [6, 6.07) is 9.65. The number of nitrogens with zero attached hydrogens (tertiary/aromatic N) is 5. The molecule has 9 heteroatoms. The molecule has 0 saturated carbocycles. The SMILES string of the molecule is CCOc1ccc(F)cc1-c1ccc2nc(NC(=O)Cn3cccn3)nn2c1. The third-order valence-corrected chi connectivity index (χ3v) is 4.00. The van der Waals surface area contributed by atoms with Crippen molar-refractivity contribution in [2.45, 2.75) is 13.5 Å². The summed E-state index contributed by atoms with van der Waals surface area (Å²) in [5.41, 5.74) is 1.88. The molecule has 0 atom stereocenters. The number of fused-ring (bicyclic) bond motifs is 1. The van der Waals surface area contributed by atoms with E-state index in [-0.39, 0.29) is 24.2 Å². The van der Waals surface area contributed by atoms with Crippen LogP contribution in [0, 0.1) is 5.82 Å². The van der Waals surface area contributed by atoms with E-state index in [0.29, 0.717) is 23.6 Å². The van der Waals surface area contributed by atoms with Gasteiger partial charge in [0.1, 0.15) is 18.1 Å². The number of carbonyl (C=O) groups excluding carboxylic acids is 1. The number of hydrogen-bond donors (Lipinski definition) is 1. The molecule has 3 heterocycles. The Balaban J connectivity index is 1.60. The molecule has 4 aromatic rings. The highest BCUT2D eigenvalue weighted by atomic mass is 19.1. The molecule has 3 aromatic heterocycles. The van der Waals surface area contributed by atoms with Crippen molar-refractivity contribution in [2.24, 2.45) is 0 Å². The monoisotopic (exact) mass is 380 g/mol. The lowest BCUT2D eigenvalue weighted by atomic mass is 10.1. The van der Waals surface area contributed by atoms with Gasteiger partial charge in [-0.25, -0.2) is 8.91 Å². The summed E-state index contributed by atoms with van der Waals surface area (Å²) in [7, 11) is 0. The fourth-order valence-corrected chi connectivity index (χ4v) is 2.81. The Labute approximate surface area is 159 Å². The van der Waals surface area contributed by atoms with Crippen molar-refractivity contribution in [3.63, 3.8) is 0 Å². The number of pyridine rings is 1. The van der Waals surface area contributed by atoms with Gasteiger partial charge in [-0.2, -0.15) is 10.1 Å². The zero-order chi connectivity index (χ0) is 19.5. The summed E-state index contributed by atoms with van der Waals surface area (Å²) in [4.78, 5) is 16.4. The summed E-state index contributed by atoms with van der Waals surface area (Å²) in [6.45, 7) is 2.40. The molecule has 8 nitrogen and oxygen atoms in total. The lowest BCUT2D eigenvalue weighted by Crippen LogP contribution is -2.19. The van der Waals surface area contributed by atoms with Gasteiger partial charge >= 0.3 is 0 Å². The average molecular weight is 380 g/mol. The summed E-state index contributed by atoms with van der Waals surface area (Å²) in [6.07, 6.45) is 5.00. The van der Waals surface area contributed by atoms with Gasteiger partial charge in [0.15, 0.2) is 5.65 Å². The van der Waals surface area contributed by atoms with Crippen molar-refractivity contribution >= 4 is 17.5 Å². The molecule has 142 valence electrons. The first-order valence-electron chi connectivity index (χ1n) is 8.69. The first-order valence-corrected chi connectivity index (χ1v) is 8.69. The number of amides is 1. The molecule has 1 N–H and O–H groups in total. The molecule has 28 heavy (non-hydrogen) atoms. The van der Waals surface area contributed by atoms with Gasteiger partial charge in [0.25, 0.3) is 0 Å². The number of halogens is 1. The zero-order valence-electron chi connectivity index (χ0n) is 15.0. The minimum Gasteiger partial charge on any atom is -0.493 e. The van der Waals surface area contributed by atoms with Crippen LogP contribution in [0.15, 0.2) is 55.0 Å². The molecule has 1 aromatic carbocycles. The van der Waals surface area contributed by atoms with E-state index in [0.717, 1.165) is 5.56 Å². The predicted molar refractivity (Wildman–Crippen MR) is 100 cm³/mol. The maximum absolute atomic E-state index is 13.7. The van der Waals surface area contributed by atoms with Crippen LogP contribution in [0.4, 0.5) is 10.3 Å². The van der Waals surface area contributed by atoms with Gasteiger partial charge in [-0.05, 0) is 43.3 Å². The number of benzene rings is 1. The van der Waals surface area contributed by atoms with Crippen molar-refractivity contribution in [3.8, 4) is 16.9 Å². The Hall–Kier alpha value is -3.75. The highest BCUT2D eigenvalue weighted by Crippen LogP contribution is 2.31. The lowest BCUT2D eigenvalue weighted by molar-refractivity contribution is -0.116. The van der Waals surface area contributed by atoms with Crippen LogP contribution in [0.5, 0.6) is 5.75 Å². The summed E-state index contributed by atoms with van der Waals surface area (Å²) in [5, 5.41) is 10.9. The summed E-state index contributed by atoms with van der Waals surface area (Å²) < 4.78 is 22.4. The van der Waals surface area contributed by atoms with E-state index < -0.39 is 0 Å². The second-order valence-corrected chi connectivity index (χ2v) is 5.98.